The van der Waals surface area contributed by atoms with Gasteiger partial charge in [-0.05, 0) is 19.1 Å². The molecule has 6 heteroatoms. The Morgan fingerprint density at radius 2 is 2.35 bits per heavy atom. The standard InChI is InChI=1S/C11H20N2O2S2/c1-16-11(2-4-15-5-3-11)7-12-10(14)9-6-17-8-13-9/h9,13H,2-8H2,1H3,(H,12,14). The number of ether oxygens (including phenoxy) is 1. The van der Waals surface area contributed by atoms with Gasteiger partial charge in [-0.25, -0.2) is 0 Å². The van der Waals surface area contributed by atoms with Gasteiger partial charge in [-0.2, -0.15) is 11.8 Å². The van der Waals surface area contributed by atoms with E-state index in [2.05, 4.69) is 16.9 Å². The van der Waals surface area contributed by atoms with E-state index < -0.39 is 0 Å². The summed E-state index contributed by atoms with van der Waals surface area (Å²) < 4.78 is 5.57. The van der Waals surface area contributed by atoms with E-state index in [1.165, 1.54) is 0 Å². The summed E-state index contributed by atoms with van der Waals surface area (Å²) in [5.74, 6) is 1.93. The third-order valence-corrected chi connectivity index (χ3v) is 5.81. The molecule has 1 atom stereocenters. The number of hydrogen-bond donors (Lipinski definition) is 2. The minimum atomic E-state index is -0.00116. The summed E-state index contributed by atoms with van der Waals surface area (Å²) in [5.41, 5.74) is 0. The molecule has 2 aliphatic rings. The van der Waals surface area contributed by atoms with Crippen molar-refractivity contribution < 1.29 is 9.53 Å². The van der Waals surface area contributed by atoms with E-state index in [1.54, 1.807) is 11.8 Å². The highest BCUT2D eigenvalue weighted by molar-refractivity contribution is 8.00. The Balaban J connectivity index is 1.80. The lowest BCUT2D eigenvalue weighted by Gasteiger charge is -2.35. The van der Waals surface area contributed by atoms with Crippen LogP contribution in [0.25, 0.3) is 0 Å². The SMILES string of the molecule is CSC1(CNC(=O)C2CSCN2)CCOCC1. The molecule has 0 aromatic heterocycles. The maximum atomic E-state index is 11.9. The second-order valence-electron chi connectivity index (χ2n) is 4.49. The van der Waals surface area contributed by atoms with Crippen LogP contribution in [-0.2, 0) is 9.53 Å². The summed E-state index contributed by atoms with van der Waals surface area (Å²) in [4.78, 5) is 11.9. The molecule has 2 aliphatic heterocycles. The van der Waals surface area contributed by atoms with Crippen molar-refractivity contribution >= 4 is 29.4 Å². The van der Waals surface area contributed by atoms with Gasteiger partial charge in [0.15, 0.2) is 0 Å². The van der Waals surface area contributed by atoms with Gasteiger partial charge in [-0.1, -0.05) is 0 Å². The molecule has 0 saturated carbocycles. The molecule has 1 amide bonds. The molecule has 1 unspecified atom stereocenters. The summed E-state index contributed by atoms with van der Waals surface area (Å²) in [6.45, 7) is 2.39. The smallest absolute Gasteiger partial charge is 0.238 e. The summed E-state index contributed by atoms with van der Waals surface area (Å²) in [7, 11) is 0. The van der Waals surface area contributed by atoms with Gasteiger partial charge in [-0.15, -0.1) is 11.8 Å². The van der Waals surface area contributed by atoms with Crippen molar-refractivity contribution in [2.45, 2.75) is 23.6 Å². The van der Waals surface area contributed by atoms with Gasteiger partial charge in [0.1, 0.15) is 0 Å². The lowest BCUT2D eigenvalue weighted by atomic mass is 9.99. The molecule has 0 bridgehead atoms. The van der Waals surface area contributed by atoms with Crippen molar-refractivity contribution in [1.29, 1.82) is 0 Å². The molecular formula is C11H20N2O2S2. The van der Waals surface area contributed by atoms with Crippen molar-refractivity contribution in [3.8, 4) is 0 Å². The Morgan fingerprint density at radius 3 is 2.94 bits per heavy atom. The molecule has 0 aliphatic carbocycles. The fourth-order valence-electron chi connectivity index (χ4n) is 2.13. The molecule has 17 heavy (non-hydrogen) atoms. The monoisotopic (exact) mass is 276 g/mol. The number of thioether (sulfide) groups is 2. The quantitative estimate of drug-likeness (QED) is 0.791. The van der Waals surface area contributed by atoms with Crippen molar-refractivity contribution in [1.82, 2.24) is 10.6 Å². The van der Waals surface area contributed by atoms with Gasteiger partial charge < -0.3 is 10.1 Å². The third-order valence-electron chi connectivity index (χ3n) is 3.45. The number of carbonyl (C=O) groups is 1. The van der Waals surface area contributed by atoms with Crippen LogP contribution in [-0.4, -0.2) is 54.3 Å². The van der Waals surface area contributed by atoms with Crippen LogP contribution in [0.15, 0.2) is 0 Å². The minimum Gasteiger partial charge on any atom is -0.381 e. The zero-order valence-electron chi connectivity index (χ0n) is 10.2. The van der Waals surface area contributed by atoms with Gasteiger partial charge in [0.25, 0.3) is 0 Å². The highest BCUT2D eigenvalue weighted by atomic mass is 32.2. The molecule has 98 valence electrons. The fraction of sp³-hybridized carbons (Fsp3) is 0.909. The first kappa shape index (κ1) is 13.5. The van der Waals surface area contributed by atoms with Gasteiger partial charge >= 0.3 is 0 Å². The van der Waals surface area contributed by atoms with Gasteiger partial charge in [-0.3, -0.25) is 10.1 Å². The summed E-state index contributed by atoms with van der Waals surface area (Å²) in [6.07, 6.45) is 4.18. The van der Waals surface area contributed by atoms with E-state index in [9.17, 15) is 4.79 Å². The number of hydrogen-bond acceptors (Lipinski definition) is 5. The van der Waals surface area contributed by atoms with Crippen LogP contribution >= 0.6 is 23.5 Å². The summed E-state index contributed by atoms with van der Waals surface area (Å²) in [6, 6.07) is -0.00116. The second kappa shape index (κ2) is 6.31. The molecule has 0 radical (unpaired) electrons. The Labute approximate surface area is 111 Å². The highest BCUT2D eigenvalue weighted by Gasteiger charge is 2.33. The van der Waals surface area contributed by atoms with E-state index in [0.717, 1.165) is 44.2 Å². The summed E-state index contributed by atoms with van der Waals surface area (Å²) in [5, 5.41) is 6.29. The maximum absolute atomic E-state index is 11.9. The van der Waals surface area contributed by atoms with Crippen molar-refractivity contribution in [3.05, 3.63) is 0 Å². The van der Waals surface area contributed by atoms with Crippen LogP contribution in [0.2, 0.25) is 0 Å². The molecule has 2 saturated heterocycles. The molecule has 2 rings (SSSR count). The second-order valence-corrected chi connectivity index (χ2v) is 6.79. The third kappa shape index (κ3) is 3.53. The molecule has 0 spiro atoms. The van der Waals surface area contributed by atoms with Crippen molar-refractivity contribution in [2.24, 2.45) is 0 Å². The zero-order valence-corrected chi connectivity index (χ0v) is 11.8. The van der Waals surface area contributed by atoms with Gasteiger partial charge in [0, 0.05) is 36.1 Å². The van der Waals surface area contributed by atoms with E-state index in [-0.39, 0.29) is 16.7 Å². The first-order valence-electron chi connectivity index (χ1n) is 5.97. The van der Waals surface area contributed by atoms with E-state index in [1.807, 2.05) is 11.8 Å². The topological polar surface area (TPSA) is 50.4 Å². The lowest BCUT2D eigenvalue weighted by Crippen LogP contribution is -2.49. The highest BCUT2D eigenvalue weighted by Crippen LogP contribution is 2.33. The minimum absolute atomic E-state index is 0.00116. The Bertz CT molecular complexity index is 264. The van der Waals surface area contributed by atoms with Crippen LogP contribution in [0.5, 0.6) is 0 Å². The maximum Gasteiger partial charge on any atom is 0.238 e. The van der Waals surface area contributed by atoms with Gasteiger partial charge in [0.05, 0.1) is 6.04 Å². The first-order chi connectivity index (χ1) is 8.26. The first-order valence-corrected chi connectivity index (χ1v) is 8.35. The average Bonchev–Trinajstić information content (AvgIpc) is 2.91. The lowest BCUT2D eigenvalue weighted by molar-refractivity contribution is -0.122. The van der Waals surface area contributed by atoms with Crippen LogP contribution in [0.4, 0.5) is 0 Å². The fourth-order valence-corrected chi connectivity index (χ4v) is 3.86. The van der Waals surface area contributed by atoms with Crippen molar-refractivity contribution in [2.75, 3.05) is 37.6 Å². The summed E-state index contributed by atoms with van der Waals surface area (Å²) >= 11 is 3.64. The molecule has 2 fully saturated rings. The normalized spacial score (nSPS) is 27.9. The zero-order chi connectivity index (χ0) is 12.1. The van der Waals surface area contributed by atoms with E-state index in [0.29, 0.717) is 0 Å². The largest absolute Gasteiger partial charge is 0.381 e. The molecular weight excluding hydrogens is 256 g/mol. The number of carbonyl (C=O) groups excluding carboxylic acids is 1. The predicted molar refractivity (Wildman–Crippen MR) is 73.6 cm³/mol. The van der Waals surface area contributed by atoms with Crippen LogP contribution in [0, 0.1) is 0 Å². The van der Waals surface area contributed by atoms with Crippen LogP contribution < -0.4 is 10.6 Å². The molecule has 4 nitrogen and oxygen atoms in total. The Hall–Kier alpha value is 0.0900. The van der Waals surface area contributed by atoms with Crippen LogP contribution in [0.3, 0.4) is 0 Å². The van der Waals surface area contributed by atoms with E-state index >= 15 is 0 Å². The number of rotatable bonds is 4. The molecule has 0 aromatic carbocycles. The Morgan fingerprint density at radius 1 is 1.59 bits per heavy atom. The molecule has 2 N–H and O–H groups in total. The molecule has 0 aromatic rings. The molecule has 2 heterocycles. The van der Waals surface area contributed by atoms with E-state index in [4.69, 9.17) is 4.74 Å². The number of nitrogens with one attached hydrogen (secondary N) is 2. The Kier molecular flexibility index (Phi) is 5.02. The average molecular weight is 276 g/mol. The van der Waals surface area contributed by atoms with Gasteiger partial charge in [0.2, 0.25) is 5.91 Å². The van der Waals surface area contributed by atoms with Crippen LogP contribution in [0.1, 0.15) is 12.8 Å². The predicted octanol–water partition coefficient (Wildman–Crippen LogP) is 0.677. The number of amides is 1. The van der Waals surface area contributed by atoms with Crippen molar-refractivity contribution in [3.63, 3.8) is 0 Å².